The SMILES string of the molecule is [C-]#[N+]c1ccc(-c2ccc(-c3c4ccccc4c(-c4ccc(-c5ccc(C#N)cn5)cc4)c4cc(-c5ccccc5)ccc34)cc2)nc1. The average Bonchev–Trinajstić information content (AvgIpc) is 3.17. The maximum Gasteiger partial charge on any atom is 0.205 e. The number of hydrogen-bond donors (Lipinski definition) is 0. The largest absolute Gasteiger partial charge is 0.268 e. The van der Waals surface area contributed by atoms with Gasteiger partial charge in [-0.05, 0) is 79.2 Å². The molecule has 2 aromatic heterocycles. The summed E-state index contributed by atoms with van der Waals surface area (Å²) in [5.41, 5.74) is 11.7. The fourth-order valence-electron chi connectivity index (χ4n) is 6.48. The summed E-state index contributed by atoms with van der Waals surface area (Å²) >= 11 is 0. The number of hydrogen-bond acceptors (Lipinski definition) is 3. The normalized spacial score (nSPS) is 10.9. The first-order valence-electron chi connectivity index (χ1n) is 15.7. The Morgan fingerprint density at radius 1 is 0.458 bits per heavy atom. The van der Waals surface area contributed by atoms with Gasteiger partial charge in [-0.2, -0.15) is 5.26 Å². The Hall–Kier alpha value is -6.88. The van der Waals surface area contributed by atoms with E-state index in [9.17, 15) is 5.26 Å². The molecule has 8 rings (SSSR count). The summed E-state index contributed by atoms with van der Waals surface area (Å²) < 4.78 is 0. The maximum absolute atomic E-state index is 9.19. The van der Waals surface area contributed by atoms with Crippen molar-refractivity contribution < 1.29 is 0 Å². The molecule has 2 heterocycles. The van der Waals surface area contributed by atoms with Crippen molar-refractivity contribution in [3.8, 4) is 62.0 Å². The van der Waals surface area contributed by atoms with Crippen molar-refractivity contribution in [3.05, 3.63) is 175 Å². The second-order valence-corrected chi connectivity index (χ2v) is 11.6. The minimum atomic E-state index is 0.531. The zero-order valence-corrected chi connectivity index (χ0v) is 25.8. The molecule has 222 valence electrons. The van der Waals surface area contributed by atoms with Crippen LogP contribution in [0.2, 0.25) is 0 Å². The molecule has 0 fully saturated rings. The van der Waals surface area contributed by atoms with Gasteiger partial charge in [0.05, 0.1) is 23.5 Å². The Labute approximate surface area is 278 Å². The van der Waals surface area contributed by atoms with E-state index in [2.05, 4.69) is 136 Å². The fraction of sp³-hybridized carbons (Fsp3) is 0. The minimum absolute atomic E-state index is 0.531. The van der Waals surface area contributed by atoms with Crippen molar-refractivity contribution in [2.24, 2.45) is 0 Å². The van der Waals surface area contributed by atoms with Crippen molar-refractivity contribution >= 4 is 27.2 Å². The van der Waals surface area contributed by atoms with E-state index in [1.165, 1.54) is 38.2 Å². The molecule has 0 aliphatic rings. The lowest BCUT2D eigenvalue weighted by Gasteiger charge is -2.19. The first-order chi connectivity index (χ1) is 23.7. The zero-order valence-electron chi connectivity index (χ0n) is 25.8. The first kappa shape index (κ1) is 28.6. The molecule has 0 N–H and O–H groups in total. The predicted molar refractivity (Wildman–Crippen MR) is 195 cm³/mol. The molecule has 48 heavy (non-hydrogen) atoms. The quantitative estimate of drug-likeness (QED) is 0.144. The molecular weight excluding hydrogens is 585 g/mol. The third-order valence-corrected chi connectivity index (χ3v) is 8.84. The second-order valence-electron chi connectivity index (χ2n) is 11.6. The Bertz CT molecular complexity index is 2520. The zero-order chi connectivity index (χ0) is 32.5. The molecule has 4 heteroatoms. The lowest BCUT2D eigenvalue weighted by molar-refractivity contribution is 1.30. The first-order valence-corrected chi connectivity index (χ1v) is 15.7. The standard InChI is InChI=1S/C44H26N4/c1-46-36-21-24-42(48-28-36)32-12-16-33(17-13-32)43-37-9-5-6-10-38(37)44(40-25-35(20-22-39(40)43)30-7-3-2-4-8-30)34-18-14-31(15-19-34)41-23-11-29(26-45)27-47-41/h2-25,27-28H. The highest BCUT2D eigenvalue weighted by atomic mass is 14.7. The molecule has 0 atom stereocenters. The average molecular weight is 611 g/mol. The predicted octanol–water partition coefficient (Wildman–Crippen LogP) is 11.5. The number of nitriles is 1. The van der Waals surface area contributed by atoms with Gasteiger partial charge < -0.3 is 0 Å². The van der Waals surface area contributed by atoms with Crippen molar-refractivity contribution in [1.82, 2.24) is 9.97 Å². The van der Waals surface area contributed by atoms with Gasteiger partial charge in [-0.1, -0.05) is 121 Å². The van der Waals surface area contributed by atoms with Crippen LogP contribution in [0, 0.1) is 17.9 Å². The number of fused-ring (bicyclic) bond motifs is 2. The number of rotatable bonds is 5. The van der Waals surface area contributed by atoms with E-state index in [-0.39, 0.29) is 0 Å². The van der Waals surface area contributed by atoms with Crippen molar-refractivity contribution in [2.45, 2.75) is 0 Å². The maximum atomic E-state index is 9.19. The van der Waals surface area contributed by atoms with Crippen molar-refractivity contribution in [1.29, 1.82) is 5.26 Å². The van der Waals surface area contributed by atoms with Crippen LogP contribution in [-0.4, -0.2) is 9.97 Å². The number of pyridine rings is 2. The van der Waals surface area contributed by atoms with E-state index >= 15 is 0 Å². The smallest absolute Gasteiger partial charge is 0.205 e. The monoisotopic (exact) mass is 610 g/mol. The molecule has 0 amide bonds. The summed E-state index contributed by atoms with van der Waals surface area (Å²) in [4.78, 5) is 12.5. The van der Waals surface area contributed by atoms with Crippen LogP contribution in [0.3, 0.4) is 0 Å². The molecule has 0 radical (unpaired) electrons. The highest BCUT2D eigenvalue weighted by molar-refractivity contribution is 6.22. The van der Waals surface area contributed by atoms with E-state index in [0.29, 0.717) is 11.3 Å². The number of nitrogens with zero attached hydrogens (tertiary/aromatic N) is 4. The van der Waals surface area contributed by atoms with E-state index in [0.717, 1.165) is 39.2 Å². The van der Waals surface area contributed by atoms with Gasteiger partial charge in [0.15, 0.2) is 0 Å². The van der Waals surface area contributed by atoms with Gasteiger partial charge in [0, 0.05) is 23.5 Å². The van der Waals surface area contributed by atoms with Gasteiger partial charge in [0.1, 0.15) is 6.07 Å². The third kappa shape index (κ3) is 5.14. The number of aromatic nitrogens is 2. The number of benzene rings is 6. The summed E-state index contributed by atoms with van der Waals surface area (Å²) in [6, 6.07) is 52.6. The second kappa shape index (κ2) is 12.1. The summed E-state index contributed by atoms with van der Waals surface area (Å²) in [7, 11) is 0. The molecule has 4 nitrogen and oxygen atoms in total. The molecule has 0 aliphatic heterocycles. The van der Waals surface area contributed by atoms with Crippen LogP contribution < -0.4 is 0 Å². The van der Waals surface area contributed by atoms with Gasteiger partial charge in [-0.25, -0.2) is 4.85 Å². The Morgan fingerprint density at radius 2 is 0.979 bits per heavy atom. The van der Waals surface area contributed by atoms with Crippen LogP contribution in [0.5, 0.6) is 0 Å². The van der Waals surface area contributed by atoms with Crippen molar-refractivity contribution in [2.75, 3.05) is 0 Å². The van der Waals surface area contributed by atoms with Crippen LogP contribution in [0.4, 0.5) is 5.69 Å². The molecule has 0 spiro atoms. The molecule has 0 bridgehead atoms. The van der Waals surface area contributed by atoms with E-state index in [4.69, 9.17) is 6.57 Å². The molecule has 0 saturated carbocycles. The van der Waals surface area contributed by atoms with Crippen LogP contribution in [-0.2, 0) is 0 Å². The summed E-state index contributed by atoms with van der Waals surface area (Å²) in [6.45, 7) is 7.24. The Kier molecular flexibility index (Phi) is 7.23. The van der Waals surface area contributed by atoms with Gasteiger partial charge >= 0.3 is 0 Å². The van der Waals surface area contributed by atoms with Crippen LogP contribution in [0.25, 0.3) is 82.3 Å². The molecular formula is C44H26N4. The summed E-state index contributed by atoms with van der Waals surface area (Å²) in [6.07, 6.45) is 3.23. The fourth-order valence-corrected chi connectivity index (χ4v) is 6.48. The van der Waals surface area contributed by atoms with E-state index < -0.39 is 0 Å². The van der Waals surface area contributed by atoms with Crippen LogP contribution in [0.1, 0.15) is 5.56 Å². The van der Waals surface area contributed by atoms with Crippen molar-refractivity contribution in [3.63, 3.8) is 0 Å². The Balaban J connectivity index is 1.33. The van der Waals surface area contributed by atoms with Gasteiger partial charge in [0.2, 0.25) is 5.69 Å². The van der Waals surface area contributed by atoms with Gasteiger partial charge in [-0.3, -0.25) is 9.97 Å². The van der Waals surface area contributed by atoms with Gasteiger partial charge in [-0.15, -0.1) is 0 Å². The van der Waals surface area contributed by atoms with Crippen LogP contribution >= 0.6 is 0 Å². The van der Waals surface area contributed by atoms with E-state index in [1.54, 1.807) is 24.5 Å². The summed E-state index contributed by atoms with van der Waals surface area (Å²) in [5, 5.41) is 13.9. The molecule has 0 unspecified atom stereocenters. The molecule has 0 saturated heterocycles. The molecule has 8 aromatic rings. The highest BCUT2D eigenvalue weighted by Gasteiger charge is 2.18. The van der Waals surface area contributed by atoms with E-state index in [1.807, 2.05) is 18.2 Å². The lowest BCUT2D eigenvalue weighted by Crippen LogP contribution is -1.92. The molecule has 6 aromatic carbocycles. The highest BCUT2D eigenvalue weighted by Crippen LogP contribution is 2.45. The lowest BCUT2D eigenvalue weighted by atomic mass is 9.84. The molecule has 0 aliphatic carbocycles. The Morgan fingerprint density at radius 3 is 1.52 bits per heavy atom. The van der Waals surface area contributed by atoms with Crippen LogP contribution in [0.15, 0.2) is 158 Å². The third-order valence-electron chi connectivity index (χ3n) is 8.84. The van der Waals surface area contributed by atoms with Gasteiger partial charge in [0.25, 0.3) is 0 Å². The minimum Gasteiger partial charge on any atom is -0.268 e. The summed E-state index contributed by atoms with van der Waals surface area (Å²) in [5.74, 6) is 0. The topological polar surface area (TPSA) is 53.9 Å².